The molecule has 19 rings (SSSR count). The van der Waals surface area contributed by atoms with E-state index in [0.717, 1.165) is 39.5 Å². The third-order valence-electron chi connectivity index (χ3n) is 27.1. The molecule has 1 aromatic heterocycles. The van der Waals surface area contributed by atoms with Gasteiger partial charge >= 0.3 is 0 Å². The van der Waals surface area contributed by atoms with Gasteiger partial charge in [-0.05, 0) is 225 Å². The first kappa shape index (κ1) is 80.9. The van der Waals surface area contributed by atoms with Crippen molar-refractivity contribution in [2.75, 3.05) is 19.6 Å². The van der Waals surface area contributed by atoms with Crippen LogP contribution in [-0.2, 0) is 21.7 Å². The molecule has 0 saturated heterocycles. The molecule has 4 aliphatic rings. The van der Waals surface area contributed by atoms with Gasteiger partial charge in [0.15, 0.2) is 5.82 Å². The van der Waals surface area contributed by atoms with Gasteiger partial charge in [0.1, 0.15) is 0 Å². The Hall–Kier alpha value is -12.1. The van der Waals surface area contributed by atoms with E-state index >= 15 is 0 Å². The molecule has 14 aromatic carbocycles. The second kappa shape index (κ2) is 33.0. The van der Waals surface area contributed by atoms with Gasteiger partial charge in [-0.1, -0.05) is 342 Å². The highest BCUT2D eigenvalue weighted by Crippen LogP contribution is 2.58. The van der Waals surface area contributed by atoms with Crippen LogP contribution in [0.25, 0.3) is 55.4 Å². The Labute approximate surface area is 726 Å². The molecule has 0 bridgehead atoms. The van der Waals surface area contributed by atoms with E-state index in [1.807, 2.05) is 24.3 Å². The molecular weight excluding hydrogens is 1480 g/mol. The predicted octanol–water partition coefficient (Wildman–Crippen LogP) is 33.6. The lowest BCUT2D eigenvalue weighted by molar-refractivity contribution is 0.443. The minimum atomic E-state index is -0.178. The van der Waals surface area contributed by atoms with E-state index < -0.39 is 0 Å². The lowest BCUT2D eigenvalue weighted by Gasteiger charge is -2.43. The Morgan fingerprint density at radius 2 is 0.631 bits per heavy atom. The lowest BCUT2D eigenvalue weighted by atomic mass is 9.73. The van der Waals surface area contributed by atoms with Gasteiger partial charge in [0.2, 0.25) is 0 Å². The molecule has 0 unspecified atom stereocenters. The first-order valence-corrected chi connectivity index (χ1v) is 45.1. The van der Waals surface area contributed by atoms with Crippen molar-refractivity contribution in [1.82, 2.24) is 9.97 Å². The van der Waals surface area contributed by atoms with E-state index in [-0.39, 0.29) is 21.7 Å². The van der Waals surface area contributed by atoms with Gasteiger partial charge in [0, 0.05) is 83.2 Å². The number of hydrogen-bond donors (Lipinski definition) is 0. The average molecular weight is 1600 g/mol. The Morgan fingerprint density at radius 1 is 0.311 bits per heavy atom. The van der Waals surface area contributed by atoms with E-state index in [0.29, 0.717) is 29.5 Å². The second-order valence-electron chi connectivity index (χ2n) is 38.7. The number of nitrogens with zero attached hydrogens (tertiary/aromatic N) is 6. The monoisotopic (exact) mass is 1590 g/mol. The number of fused-ring (bicyclic) bond motifs is 6. The molecule has 122 heavy (non-hydrogen) atoms. The van der Waals surface area contributed by atoms with Crippen LogP contribution in [0, 0.1) is 0 Å². The van der Waals surface area contributed by atoms with Crippen LogP contribution in [0.15, 0.2) is 315 Å². The van der Waals surface area contributed by atoms with Gasteiger partial charge in [-0.2, -0.15) is 0 Å². The molecule has 0 N–H and O–H groups in total. The van der Waals surface area contributed by atoms with Crippen LogP contribution in [0.5, 0.6) is 0 Å². The minimum Gasteiger partial charge on any atom is -0.310 e. The zero-order chi connectivity index (χ0) is 84.3. The molecule has 2 aliphatic heterocycles. The van der Waals surface area contributed by atoms with Crippen LogP contribution in [0.2, 0.25) is 0 Å². The maximum absolute atomic E-state index is 5.35. The molecule has 2 fully saturated rings. The lowest BCUT2D eigenvalue weighted by Crippen LogP contribution is -2.31. The minimum absolute atomic E-state index is 0.0522. The van der Waals surface area contributed by atoms with Crippen molar-refractivity contribution in [2.24, 2.45) is 0 Å². The Morgan fingerprint density at radius 3 is 0.975 bits per heavy atom. The number of rotatable bonds is 15. The van der Waals surface area contributed by atoms with Gasteiger partial charge in [0.05, 0.1) is 45.5 Å². The largest absolute Gasteiger partial charge is 0.310 e. The van der Waals surface area contributed by atoms with Gasteiger partial charge in [-0.25, -0.2) is 9.97 Å². The van der Waals surface area contributed by atoms with Crippen LogP contribution < -0.4 is 19.6 Å². The second-order valence-corrected chi connectivity index (χ2v) is 38.7. The van der Waals surface area contributed by atoms with Crippen molar-refractivity contribution in [3.8, 4) is 33.9 Å². The van der Waals surface area contributed by atoms with Crippen LogP contribution >= 0.6 is 0 Å². The van der Waals surface area contributed by atoms with Gasteiger partial charge in [-0.15, -0.1) is 0 Å². The summed E-state index contributed by atoms with van der Waals surface area (Å²) in [6, 6.07) is 118. The number of benzene rings is 14. The Kier molecular flexibility index (Phi) is 21.9. The third kappa shape index (κ3) is 15.5. The van der Waals surface area contributed by atoms with Gasteiger partial charge in [0.25, 0.3) is 0 Å². The van der Waals surface area contributed by atoms with Crippen molar-refractivity contribution >= 4 is 89.8 Å². The molecule has 0 amide bonds. The fourth-order valence-corrected chi connectivity index (χ4v) is 20.1. The van der Waals surface area contributed by atoms with Crippen molar-refractivity contribution in [2.45, 2.75) is 206 Å². The Balaban J connectivity index is 0.000000169. The van der Waals surface area contributed by atoms with Gasteiger partial charge < -0.3 is 19.6 Å². The first-order chi connectivity index (χ1) is 58.9. The van der Waals surface area contributed by atoms with E-state index in [9.17, 15) is 0 Å². The topological polar surface area (TPSA) is 38.7 Å². The molecule has 15 aromatic rings. The fraction of sp³-hybridized carbons (Fsp3) is 0.276. The van der Waals surface area contributed by atoms with E-state index in [1.165, 1.54) is 198 Å². The summed E-state index contributed by atoms with van der Waals surface area (Å²) in [5.41, 5.74) is 31.9. The maximum Gasteiger partial charge on any atom is 0.160 e. The van der Waals surface area contributed by atoms with Crippen molar-refractivity contribution in [3.63, 3.8) is 0 Å². The molecular formula is C116H118N6. The number of para-hydroxylation sites is 4. The number of hydrogen-bond acceptors (Lipinski definition) is 6. The van der Waals surface area contributed by atoms with Crippen LogP contribution in [0.3, 0.4) is 0 Å². The normalized spacial score (nSPS) is 15.1. The highest BCUT2D eigenvalue weighted by Gasteiger charge is 2.40. The van der Waals surface area contributed by atoms with Crippen LogP contribution in [0.1, 0.15) is 240 Å². The fourth-order valence-electron chi connectivity index (χ4n) is 20.1. The SMILES string of the molecule is CC(C)c1ccc(N(c2ccc(C3CCCCC3)cc2)c2c3ccc(C(C)(C)C)cc3c(N(c3ccc(C(C)C)cc3)c3ccc(C4CCCCC4)cc3)c3ccc(C(C)(C)C)cc23)cc1.CC1(C)c2ccccc2N(c2cc(-c3cc(-c4ccccc4)nc(-c4ccccc4)n3)cc(N3c4ccccc4C(C)(C)c4ccccc43)c2)c2ccccc21. The number of anilines is 12. The van der Waals surface area contributed by atoms with Gasteiger partial charge in [-0.3, -0.25) is 0 Å². The molecule has 0 radical (unpaired) electrons. The molecule has 612 valence electrons. The van der Waals surface area contributed by atoms with Crippen molar-refractivity contribution < 1.29 is 0 Å². The summed E-state index contributed by atoms with van der Waals surface area (Å²) in [6.07, 6.45) is 13.2. The summed E-state index contributed by atoms with van der Waals surface area (Å²) in [6.45, 7) is 32.7. The summed E-state index contributed by atoms with van der Waals surface area (Å²) in [5.74, 6) is 2.89. The highest BCUT2D eigenvalue weighted by atomic mass is 15.2. The summed E-state index contributed by atoms with van der Waals surface area (Å²) in [7, 11) is 0. The summed E-state index contributed by atoms with van der Waals surface area (Å²) < 4.78 is 0. The van der Waals surface area contributed by atoms with Crippen molar-refractivity contribution in [3.05, 3.63) is 371 Å². The quantitative estimate of drug-likeness (QED) is 0.0752. The van der Waals surface area contributed by atoms with Crippen LogP contribution in [0.4, 0.5) is 68.2 Å². The number of aromatic nitrogens is 2. The zero-order valence-corrected chi connectivity index (χ0v) is 74.1. The molecule has 6 heteroatoms. The Bertz CT molecular complexity index is 5810. The smallest absolute Gasteiger partial charge is 0.160 e. The third-order valence-corrected chi connectivity index (χ3v) is 27.1. The first-order valence-electron chi connectivity index (χ1n) is 45.1. The summed E-state index contributed by atoms with van der Waals surface area (Å²) in [5, 5.41) is 5.03. The molecule has 6 nitrogen and oxygen atoms in total. The highest BCUT2D eigenvalue weighted by molar-refractivity contribution is 6.24. The molecule has 0 atom stereocenters. The van der Waals surface area contributed by atoms with E-state index in [2.05, 4.69) is 408 Å². The van der Waals surface area contributed by atoms with Crippen LogP contribution in [-0.4, -0.2) is 9.97 Å². The summed E-state index contributed by atoms with van der Waals surface area (Å²) in [4.78, 5) is 20.6. The standard InChI is InChI=1S/C64H76N2.C52H42N4/c1-43(2)45-21-31-53(32-22-45)65(55-35-25-49(26-36-55)47-17-13-11-14-18-47)61-57-39-29-52(64(8,9)10)42-60(57)62(58-40-30-51(41-59(58)61)63(5,6)7)66(54-33-23-46(24-34-54)44(3)4)56-37-27-50(28-38-56)48-19-15-12-16-20-48;1-51(2)40-23-11-15-27-46(40)55(47-28-16-12-24-41(47)51)38-31-37(45-34-44(35-19-7-5-8-20-35)53-50(54-45)36-21-9-6-10-22-36)32-39(33-38)56-48-29-17-13-25-42(48)52(3,4)43-26-14-18-30-49(43)56/h21-44,47-48H,11-20H2,1-10H3;5-34H,1-4H3. The van der Waals surface area contributed by atoms with Crippen molar-refractivity contribution in [1.29, 1.82) is 0 Å². The summed E-state index contributed by atoms with van der Waals surface area (Å²) >= 11 is 0. The molecule has 2 saturated carbocycles. The average Bonchev–Trinajstić information content (AvgIpc) is 0.727. The molecule has 3 heterocycles. The predicted molar refractivity (Wildman–Crippen MR) is 520 cm³/mol. The zero-order valence-electron chi connectivity index (χ0n) is 74.1. The maximum atomic E-state index is 5.35. The molecule has 2 aliphatic carbocycles. The van der Waals surface area contributed by atoms with E-state index in [1.54, 1.807) is 0 Å². The van der Waals surface area contributed by atoms with E-state index in [4.69, 9.17) is 9.97 Å². The molecule has 0 spiro atoms.